The molecule has 1 saturated carbocycles. The highest BCUT2D eigenvalue weighted by Gasteiger charge is 2.40. The first-order chi connectivity index (χ1) is 6.72. The Balaban J connectivity index is 2.10. The molecule has 0 aromatic heterocycles. The molecular weight excluding hydrogens is 198 g/mol. The van der Waals surface area contributed by atoms with Gasteiger partial charge in [0.05, 0.1) is 5.71 Å². The molecule has 0 heterocycles. The Morgan fingerprint density at radius 2 is 2.07 bits per heavy atom. The molecule has 1 fully saturated rings. The Morgan fingerprint density at radius 1 is 1.43 bits per heavy atom. The monoisotopic (exact) mass is 209 g/mol. The zero-order valence-electron chi connectivity index (χ0n) is 7.94. The van der Waals surface area contributed by atoms with Crippen molar-refractivity contribution in [2.45, 2.75) is 19.3 Å². The van der Waals surface area contributed by atoms with Crippen molar-refractivity contribution in [3.05, 3.63) is 34.9 Å². The van der Waals surface area contributed by atoms with Gasteiger partial charge in [-0.3, -0.25) is 0 Å². The number of oxime groups is 1. The number of nitrogens with zero attached hydrogens (tertiary/aromatic N) is 1. The number of rotatable bonds is 2. The van der Waals surface area contributed by atoms with Crippen molar-refractivity contribution in [3.63, 3.8) is 0 Å². The summed E-state index contributed by atoms with van der Waals surface area (Å²) in [4.78, 5) is 0. The van der Waals surface area contributed by atoms with Gasteiger partial charge >= 0.3 is 0 Å². The van der Waals surface area contributed by atoms with Crippen LogP contribution in [0.5, 0.6) is 0 Å². The van der Waals surface area contributed by atoms with Gasteiger partial charge in [0, 0.05) is 10.9 Å². The summed E-state index contributed by atoms with van der Waals surface area (Å²) in [6.07, 6.45) is 1.08. The first-order valence-corrected chi connectivity index (χ1v) is 5.04. The standard InChI is InChI=1S/C11H12ClNO/c1-7(13-14)10-6-11(10)8-2-4-9(12)5-3-8/h2-5,10-11,14H,6H2,1H3/b13-7-/t10-,11+/m0/s1. The summed E-state index contributed by atoms with van der Waals surface area (Å²) in [5.74, 6) is 0.935. The maximum atomic E-state index is 8.62. The lowest BCUT2D eigenvalue weighted by molar-refractivity contribution is 0.316. The summed E-state index contributed by atoms with van der Waals surface area (Å²) in [6, 6.07) is 7.88. The molecule has 14 heavy (non-hydrogen) atoms. The zero-order valence-corrected chi connectivity index (χ0v) is 8.70. The van der Waals surface area contributed by atoms with Crippen molar-refractivity contribution in [3.8, 4) is 0 Å². The predicted molar refractivity (Wildman–Crippen MR) is 57.2 cm³/mol. The molecule has 0 radical (unpaired) electrons. The smallest absolute Gasteiger partial charge is 0.0577 e. The number of benzene rings is 1. The Kier molecular flexibility index (Phi) is 2.46. The lowest BCUT2D eigenvalue weighted by Gasteiger charge is -1.99. The molecule has 1 aliphatic carbocycles. The van der Waals surface area contributed by atoms with E-state index in [1.165, 1.54) is 5.56 Å². The maximum Gasteiger partial charge on any atom is 0.0577 e. The van der Waals surface area contributed by atoms with Crippen LogP contribution in [0.25, 0.3) is 0 Å². The largest absolute Gasteiger partial charge is 0.411 e. The van der Waals surface area contributed by atoms with E-state index in [1.54, 1.807) is 0 Å². The van der Waals surface area contributed by atoms with Crippen molar-refractivity contribution < 1.29 is 5.21 Å². The second-order valence-corrected chi connectivity index (χ2v) is 4.18. The number of hydrogen-bond acceptors (Lipinski definition) is 2. The van der Waals surface area contributed by atoms with Gasteiger partial charge in [0.2, 0.25) is 0 Å². The van der Waals surface area contributed by atoms with Crippen molar-refractivity contribution in [2.24, 2.45) is 11.1 Å². The molecule has 0 spiro atoms. The summed E-state index contributed by atoms with van der Waals surface area (Å²) in [5, 5.41) is 12.6. The van der Waals surface area contributed by atoms with E-state index in [1.807, 2.05) is 31.2 Å². The van der Waals surface area contributed by atoms with E-state index in [0.717, 1.165) is 17.2 Å². The van der Waals surface area contributed by atoms with Gasteiger partial charge < -0.3 is 5.21 Å². The average Bonchev–Trinajstić information content (AvgIpc) is 2.98. The fraction of sp³-hybridized carbons (Fsp3) is 0.364. The van der Waals surface area contributed by atoms with E-state index in [4.69, 9.17) is 16.8 Å². The van der Waals surface area contributed by atoms with Crippen LogP contribution in [0.2, 0.25) is 5.02 Å². The molecule has 2 atom stereocenters. The Labute approximate surface area is 88.2 Å². The van der Waals surface area contributed by atoms with Crippen molar-refractivity contribution in [2.75, 3.05) is 0 Å². The van der Waals surface area contributed by atoms with Crippen LogP contribution in [0.1, 0.15) is 24.8 Å². The fourth-order valence-electron chi connectivity index (χ4n) is 1.81. The van der Waals surface area contributed by atoms with E-state index in [0.29, 0.717) is 11.8 Å². The molecule has 1 N–H and O–H groups in total. The summed E-state index contributed by atoms with van der Waals surface area (Å²) >= 11 is 5.80. The predicted octanol–water partition coefficient (Wildman–Crippen LogP) is 3.29. The summed E-state index contributed by atoms with van der Waals surface area (Å²) in [7, 11) is 0. The molecule has 3 heteroatoms. The van der Waals surface area contributed by atoms with Crippen LogP contribution >= 0.6 is 11.6 Å². The SMILES string of the molecule is C/C(=N/O)[C@@H]1C[C@@H]1c1ccc(Cl)cc1. The lowest BCUT2D eigenvalue weighted by atomic mass is 10.1. The highest BCUT2D eigenvalue weighted by molar-refractivity contribution is 6.30. The fourth-order valence-corrected chi connectivity index (χ4v) is 1.94. The molecule has 0 aliphatic heterocycles. The Hall–Kier alpha value is -1.02. The van der Waals surface area contributed by atoms with Gasteiger partial charge in [0.25, 0.3) is 0 Å². The van der Waals surface area contributed by atoms with Crippen LogP contribution in [0, 0.1) is 5.92 Å². The van der Waals surface area contributed by atoms with Crippen molar-refractivity contribution in [1.82, 2.24) is 0 Å². The van der Waals surface area contributed by atoms with E-state index in [-0.39, 0.29) is 0 Å². The van der Waals surface area contributed by atoms with E-state index < -0.39 is 0 Å². The molecule has 0 bridgehead atoms. The molecule has 2 nitrogen and oxygen atoms in total. The minimum atomic E-state index is 0.418. The molecule has 74 valence electrons. The number of hydrogen-bond donors (Lipinski definition) is 1. The number of halogens is 1. The molecular formula is C11H12ClNO. The molecule has 1 aromatic carbocycles. The summed E-state index contributed by atoms with van der Waals surface area (Å²) in [5.41, 5.74) is 2.10. The van der Waals surface area contributed by atoms with Crippen LogP contribution in [-0.4, -0.2) is 10.9 Å². The van der Waals surface area contributed by atoms with E-state index in [2.05, 4.69) is 5.16 Å². The van der Waals surface area contributed by atoms with E-state index >= 15 is 0 Å². The molecule has 0 saturated heterocycles. The average molecular weight is 210 g/mol. The quantitative estimate of drug-likeness (QED) is 0.453. The minimum Gasteiger partial charge on any atom is -0.411 e. The third-order valence-electron chi connectivity index (χ3n) is 2.78. The van der Waals surface area contributed by atoms with Crippen molar-refractivity contribution in [1.29, 1.82) is 0 Å². The molecule has 0 unspecified atom stereocenters. The minimum absolute atomic E-state index is 0.418. The van der Waals surface area contributed by atoms with Gasteiger partial charge in [-0.25, -0.2) is 0 Å². The van der Waals surface area contributed by atoms with E-state index in [9.17, 15) is 0 Å². The lowest BCUT2D eigenvalue weighted by Crippen LogP contribution is -1.95. The summed E-state index contributed by atoms with van der Waals surface area (Å²) < 4.78 is 0. The first-order valence-electron chi connectivity index (χ1n) is 4.66. The normalized spacial score (nSPS) is 26.3. The first kappa shape index (κ1) is 9.53. The topological polar surface area (TPSA) is 32.6 Å². The Morgan fingerprint density at radius 3 is 2.64 bits per heavy atom. The third-order valence-corrected chi connectivity index (χ3v) is 3.03. The molecule has 0 amide bonds. The summed E-state index contributed by atoms with van der Waals surface area (Å²) in [6.45, 7) is 1.86. The maximum absolute atomic E-state index is 8.62. The van der Waals surface area contributed by atoms with Crippen LogP contribution in [0.4, 0.5) is 0 Å². The Bertz CT molecular complexity index is 358. The second kappa shape index (κ2) is 3.62. The highest BCUT2D eigenvalue weighted by Crippen LogP contribution is 2.48. The van der Waals surface area contributed by atoms with Crippen molar-refractivity contribution >= 4 is 17.3 Å². The molecule has 1 aromatic rings. The van der Waals surface area contributed by atoms with Crippen LogP contribution < -0.4 is 0 Å². The van der Waals surface area contributed by atoms with Crippen LogP contribution in [0.15, 0.2) is 29.4 Å². The van der Waals surface area contributed by atoms with Gasteiger partial charge in [-0.1, -0.05) is 28.9 Å². The highest BCUT2D eigenvalue weighted by atomic mass is 35.5. The second-order valence-electron chi connectivity index (χ2n) is 3.74. The van der Waals surface area contributed by atoms with Gasteiger partial charge in [-0.2, -0.15) is 0 Å². The van der Waals surface area contributed by atoms with Crippen LogP contribution in [-0.2, 0) is 0 Å². The van der Waals surface area contributed by atoms with Gasteiger partial charge in [0.1, 0.15) is 0 Å². The molecule has 2 rings (SSSR count). The van der Waals surface area contributed by atoms with Gasteiger partial charge in [-0.05, 0) is 37.0 Å². The van der Waals surface area contributed by atoms with Crippen LogP contribution in [0.3, 0.4) is 0 Å². The van der Waals surface area contributed by atoms with Gasteiger partial charge in [-0.15, -0.1) is 0 Å². The van der Waals surface area contributed by atoms with Gasteiger partial charge in [0.15, 0.2) is 0 Å². The zero-order chi connectivity index (χ0) is 10.1. The molecule has 1 aliphatic rings. The third kappa shape index (κ3) is 1.75.